The van der Waals surface area contributed by atoms with Crippen molar-refractivity contribution in [2.75, 3.05) is 13.1 Å². The van der Waals surface area contributed by atoms with Gasteiger partial charge in [0.15, 0.2) is 0 Å². The third-order valence-electron chi connectivity index (χ3n) is 9.02. The van der Waals surface area contributed by atoms with E-state index in [-0.39, 0.29) is 46.8 Å². The minimum absolute atomic E-state index is 0.0158. The quantitative estimate of drug-likeness (QED) is 0.257. The molecule has 0 radical (unpaired) electrons. The van der Waals surface area contributed by atoms with Crippen molar-refractivity contribution in [3.8, 4) is 17.2 Å². The number of rotatable bonds is 2. The van der Waals surface area contributed by atoms with Crippen LogP contribution in [0.25, 0.3) is 0 Å². The van der Waals surface area contributed by atoms with E-state index in [4.69, 9.17) is 4.74 Å². The lowest BCUT2D eigenvalue weighted by molar-refractivity contribution is -0.139. The molecule has 5 N–H and O–H groups in total. The third kappa shape index (κ3) is 6.70. The summed E-state index contributed by atoms with van der Waals surface area (Å²) in [5, 5.41) is 28.4. The second-order valence-electron chi connectivity index (χ2n) is 12.6. The zero-order valence-electron chi connectivity index (χ0n) is 26.0. The Hall–Kier alpha value is -5.17. The summed E-state index contributed by atoms with van der Waals surface area (Å²) in [5.41, 5.74) is 1.40. The van der Waals surface area contributed by atoms with Crippen LogP contribution in [0.3, 0.4) is 0 Å². The number of pyridine rings is 1. The number of likely N-dealkylation sites (tertiary alicyclic amines) is 1. The number of nitrogens with one attached hydrogen (secondary N) is 3. The minimum atomic E-state index is -1.46. The topological polar surface area (TPSA) is 179 Å². The van der Waals surface area contributed by atoms with E-state index in [1.54, 1.807) is 45.9 Å². The van der Waals surface area contributed by atoms with Crippen LogP contribution in [0.5, 0.6) is 17.2 Å². The van der Waals surface area contributed by atoms with Crippen molar-refractivity contribution in [3.05, 3.63) is 87.8 Å². The van der Waals surface area contributed by atoms with Gasteiger partial charge in [0, 0.05) is 43.7 Å². The molecule has 0 saturated carbocycles. The number of hydrogen-bond donors (Lipinski definition) is 5. The van der Waals surface area contributed by atoms with Gasteiger partial charge in [0.25, 0.3) is 11.5 Å². The average molecular weight is 644 g/mol. The molecule has 13 nitrogen and oxygen atoms in total. The fourth-order valence-electron chi connectivity index (χ4n) is 6.61. The normalized spacial score (nSPS) is 25.2. The van der Waals surface area contributed by atoms with E-state index >= 15 is 0 Å². The highest BCUT2D eigenvalue weighted by molar-refractivity contribution is 6.01. The van der Waals surface area contributed by atoms with E-state index in [0.29, 0.717) is 25.4 Å². The molecule has 7 rings (SSSR count). The maximum Gasteiger partial charge on any atom is 0.255 e. The zero-order valence-corrected chi connectivity index (χ0v) is 26.0. The molecule has 1 saturated heterocycles. The van der Waals surface area contributed by atoms with E-state index in [1.807, 2.05) is 6.07 Å². The number of aromatic hydroxyl groups is 1. The predicted molar refractivity (Wildman–Crippen MR) is 169 cm³/mol. The van der Waals surface area contributed by atoms with Gasteiger partial charge in [-0.1, -0.05) is 18.2 Å². The Morgan fingerprint density at radius 2 is 1.66 bits per heavy atom. The Kier molecular flexibility index (Phi) is 8.74. The van der Waals surface area contributed by atoms with Crippen molar-refractivity contribution < 1.29 is 34.1 Å². The first-order chi connectivity index (χ1) is 22.5. The van der Waals surface area contributed by atoms with Crippen molar-refractivity contribution in [3.63, 3.8) is 0 Å². The minimum Gasteiger partial charge on any atom is -0.507 e. The predicted octanol–water partition coefficient (Wildman–Crippen LogP) is 1.02. The SMILES string of the molecule is C[C@@H]1NC(=O)[C@H]([C@@H](C)O)NC(=O)c2cc(ccc2O)Oc2ccc(cc2)C[C@@H](C(=O)N2C[C@H]3C[C@@H](C2)c2cccc(=O)n2C3)NC1=O. The van der Waals surface area contributed by atoms with Gasteiger partial charge < -0.3 is 40.4 Å². The highest BCUT2D eigenvalue weighted by Crippen LogP contribution is 2.35. The summed E-state index contributed by atoms with van der Waals surface area (Å²) in [5.74, 6) is -2.21. The fourth-order valence-corrected chi connectivity index (χ4v) is 6.61. The average Bonchev–Trinajstić information content (AvgIpc) is 3.04. The number of aliphatic hydroxyl groups excluding tert-OH is 1. The van der Waals surface area contributed by atoms with Gasteiger partial charge in [-0.15, -0.1) is 0 Å². The fraction of sp³-hybridized carbons (Fsp3) is 0.382. The van der Waals surface area contributed by atoms with Gasteiger partial charge in [0.05, 0.1) is 11.7 Å². The highest BCUT2D eigenvalue weighted by Gasteiger charge is 2.39. The monoisotopic (exact) mass is 643 g/mol. The van der Waals surface area contributed by atoms with Crippen molar-refractivity contribution in [1.29, 1.82) is 0 Å². The summed E-state index contributed by atoms with van der Waals surface area (Å²) >= 11 is 0. The number of phenols is 1. The van der Waals surface area contributed by atoms with Gasteiger partial charge in [-0.25, -0.2) is 0 Å². The Morgan fingerprint density at radius 1 is 0.915 bits per heavy atom. The van der Waals surface area contributed by atoms with E-state index in [1.165, 1.54) is 32.0 Å². The summed E-state index contributed by atoms with van der Waals surface area (Å²) in [4.78, 5) is 68.1. The van der Waals surface area contributed by atoms with Gasteiger partial charge in [-0.2, -0.15) is 0 Å². The molecule has 4 amide bonds. The zero-order chi connectivity index (χ0) is 33.4. The molecule has 47 heavy (non-hydrogen) atoms. The van der Waals surface area contributed by atoms with Crippen molar-refractivity contribution in [2.45, 2.75) is 63.4 Å². The Balaban J connectivity index is 1.30. The van der Waals surface area contributed by atoms with Crippen LogP contribution in [-0.2, 0) is 27.3 Å². The molecule has 0 spiro atoms. The van der Waals surface area contributed by atoms with E-state index in [2.05, 4.69) is 16.0 Å². The first-order valence-corrected chi connectivity index (χ1v) is 15.6. The van der Waals surface area contributed by atoms with Crippen LogP contribution in [0, 0.1) is 5.92 Å². The van der Waals surface area contributed by atoms with E-state index in [9.17, 15) is 34.2 Å². The molecule has 0 unspecified atom stereocenters. The van der Waals surface area contributed by atoms with Crippen molar-refractivity contribution in [2.24, 2.45) is 5.92 Å². The maximum atomic E-state index is 14.1. The van der Waals surface area contributed by atoms with Gasteiger partial charge in [-0.05, 0) is 68.1 Å². The molecule has 5 heterocycles. The summed E-state index contributed by atoms with van der Waals surface area (Å²) in [6.07, 6.45) is -0.338. The molecule has 1 fully saturated rings. The number of carbonyl (C=O) groups excluding carboxylic acids is 4. The number of nitrogens with zero attached hydrogens (tertiary/aromatic N) is 2. The van der Waals surface area contributed by atoms with Gasteiger partial charge in [0.1, 0.15) is 35.4 Å². The third-order valence-corrected chi connectivity index (χ3v) is 9.02. The van der Waals surface area contributed by atoms with Gasteiger partial charge in [0.2, 0.25) is 17.7 Å². The molecular weight excluding hydrogens is 606 g/mol. The molecule has 0 aliphatic carbocycles. The van der Waals surface area contributed by atoms with Crippen LogP contribution in [0.15, 0.2) is 65.5 Å². The molecule has 6 atom stereocenters. The Morgan fingerprint density at radius 3 is 2.40 bits per heavy atom. The smallest absolute Gasteiger partial charge is 0.255 e. The van der Waals surface area contributed by atoms with Crippen LogP contribution in [0.2, 0.25) is 0 Å². The summed E-state index contributed by atoms with van der Waals surface area (Å²) in [7, 11) is 0. The van der Waals surface area contributed by atoms with Gasteiger partial charge >= 0.3 is 0 Å². The Labute approximate surface area is 270 Å². The first-order valence-electron chi connectivity index (χ1n) is 15.6. The summed E-state index contributed by atoms with van der Waals surface area (Å²) < 4.78 is 7.69. The number of piperidine rings is 1. The number of amides is 4. The number of aliphatic hydroxyl groups is 1. The molecule has 6 bridgehead atoms. The number of benzene rings is 2. The maximum absolute atomic E-state index is 14.1. The van der Waals surface area contributed by atoms with Crippen LogP contribution in [-0.4, -0.2) is 80.6 Å². The molecular formula is C34H37N5O8. The highest BCUT2D eigenvalue weighted by atomic mass is 16.5. The molecule has 4 aliphatic rings. The second-order valence-corrected chi connectivity index (χ2v) is 12.6. The molecule has 1 aromatic heterocycles. The summed E-state index contributed by atoms with van der Waals surface area (Å²) in [6.45, 7) is 4.09. The lowest BCUT2D eigenvalue weighted by atomic mass is 9.83. The van der Waals surface area contributed by atoms with Crippen LogP contribution >= 0.6 is 0 Å². The van der Waals surface area contributed by atoms with E-state index in [0.717, 1.165) is 17.7 Å². The van der Waals surface area contributed by atoms with Gasteiger partial charge in [-0.3, -0.25) is 24.0 Å². The molecule has 13 heteroatoms. The summed E-state index contributed by atoms with van der Waals surface area (Å²) in [6, 6.07) is 12.6. The standard InChI is InChI=1S/C34H37N5O8/c1-18-31(43)36-26(34(46)38-15-21-12-22(17-38)27-4-3-5-29(42)39(27)16-21)13-20-6-8-23(9-7-20)47-24-10-11-28(41)25(14-24)32(44)37-30(19(2)40)33(45)35-18/h3-11,14,18-19,21-22,26,30,40-41H,12-13,15-17H2,1-2H3,(H,35,45)(H,36,43)(H,37,44)/t18-,19+,21+,22-,26-,30-/m0/s1. The van der Waals surface area contributed by atoms with Crippen molar-refractivity contribution >= 4 is 23.6 Å². The number of ether oxygens (including phenoxy) is 1. The molecule has 2 aromatic carbocycles. The lowest BCUT2D eigenvalue weighted by Crippen LogP contribution is -2.59. The van der Waals surface area contributed by atoms with E-state index < -0.39 is 42.0 Å². The molecule has 3 aromatic rings. The first kappa shape index (κ1) is 31.8. The second kappa shape index (κ2) is 12.9. The Bertz CT molecular complexity index is 1770. The number of aromatic nitrogens is 1. The largest absolute Gasteiger partial charge is 0.507 e. The molecule has 246 valence electrons. The molecule has 4 aliphatic heterocycles. The lowest BCUT2D eigenvalue weighted by Gasteiger charge is -2.43. The number of carbonyl (C=O) groups is 4. The number of hydrogen-bond acceptors (Lipinski definition) is 8. The van der Waals surface area contributed by atoms with Crippen molar-refractivity contribution in [1.82, 2.24) is 25.4 Å². The van der Waals surface area contributed by atoms with Crippen LogP contribution < -0.4 is 26.2 Å². The van der Waals surface area contributed by atoms with Crippen LogP contribution in [0.4, 0.5) is 0 Å². The number of phenolic OH excluding ortho intramolecular Hbond substituents is 1. The van der Waals surface area contributed by atoms with Crippen LogP contribution in [0.1, 0.15) is 47.8 Å². The number of fused-ring (bicyclic) bond motifs is 15.